The number of amides is 1. The van der Waals surface area contributed by atoms with Crippen molar-refractivity contribution in [1.29, 1.82) is 0 Å². The van der Waals surface area contributed by atoms with Crippen LogP contribution in [0.3, 0.4) is 0 Å². The molecule has 0 saturated heterocycles. The van der Waals surface area contributed by atoms with E-state index in [1.807, 2.05) is 32.0 Å². The number of nitrogens with one attached hydrogen (secondary N) is 2. The molecule has 1 unspecified atom stereocenters. The number of H-pyrrole nitrogens is 1. The van der Waals surface area contributed by atoms with E-state index in [4.69, 9.17) is 4.74 Å². The van der Waals surface area contributed by atoms with E-state index in [2.05, 4.69) is 42.9 Å². The zero-order chi connectivity index (χ0) is 30.8. The zero-order valence-corrected chi connectivity index (χ0v) is 26.1. The van der Waals surface area contributed by atoms with Gasteiger partial charge in [0, 0.05) is 41.8 Å². The molecule has 2 aromatic heterocycles. The highest BCUT2D eigenvalue weighted by Crippen LogP contribution is 2.39. The first-order valence-corrected chi connectivity index (χ1v) is 15.3. The van der Waals surface area contributed by atoms with Crippen molar-refractivity contribution in [1.82, 2.24) is 19.8 Å². The Kier molecular flexibility index (Phi) is 9.40. The summed E-state index contributed by atoms with van der Waals surface area (Å²) in [5, 5.41) is 3.58. The largest absolute Gasteiger partial charge is 0.456 e. The van der Waals surface area contributed by atoms with E-state index < -0.39 is 11.1 Å². The van der Waals surface area contributed by atoms with Crippen LogP contribution in [0, 0.1) is 13.8 Å². The van der Waals surface area contributed by atoms with Gasteiger partial charge in [-0.3, -0.25) is 14.5 Å². The van der Waals surface area contributed by atoms with Gasteiger partial charge >= 0.3 is 0 Å². The number of ether oxygens (including phenoxy) is 1. The first-order valence-electron chi connectivity index (χ1n) is 14.1. The number of fused-ring (bicyclic) bond motifs is 1. The molecule has 9 nitrogen and oxygen atoms in total. The number of aromatic nitrogens is 2. The molecule has 0 saturated carbocycles. The van der Waals surface area contributed by atoms with Gasteiger partial charge in [0.1, 0.15) is 22.7 Å². The van der Waals surface area contributed by atoms with Crippen LogP contribution in [0.15, 0.2) is 53.5 Å². The van der Waals surface area contributed by atoms with Crippen LogP contribution in [-0.4, -0.2) is 54.3 Å². The Labute approximate surface area is 249 Å². The van der Waals surface area contributed by atoms with E-state index >= 15 is 0 Å². The number of hydrogen-bond donors (Lipinski definition) is 3. The van der Waals surface area contributed by atoms with Gasteiger partial charge in [-0.2, -0.15) is 0 Å². The fourth-order valence-corrected chi connectivity index (χ4v) is 5.90. The second kappa shape index (κ2) is 12.6. The van der Waals surface area contributed by atoms with E-state index in [1.54, 1.807) is 37.5 Å². The second-order valence-corrected chi connectivity index (χ2v) is 12.1. The van der Waals surface area contributed by atoms with Gasteiger partial charge in [0.2, 0.25) is 0 Å². The molecule has 0 bridgehead atoms. The van der Waals surface area contributed by atoms with Gasteiger partial charge < -0.3 is 24.2 Å². The van der Waals surface area contributed by atoms with Gasteiger partial charge in [0.15, 0.2) is 11.1 Å². The Hall–Kier alpha value is -3.73. The van der Waals surface area contributed by atoms with Crippen molar-refractivity contribution >= 4 is 27.9 Å². The first kappa shape index (κ1) is 31.2. The standard InChI is InChI=1S/C32H40N4O5S/c1-8-36(9-2)32(5,6)19-33-30(37)26-16-24-25(17-35(7)31(38)28(24)34-26)23-15-22(18-42(39)40)13-14-27(23)41-29-20(3)11-10-12-21(29)4/h10-17,34H,8-9,18-19H2,1-7H3,(H,33,37)(H,39,40). The summed E-state index contributed by atoms with van der Waals surface area (Å²) in [6, 6.07) is 12.9. The number of nitrogens with zero attached hydrogens (tertiary/aromatic N) is 2. The normalized spacial score (nSPS) is 12.6. The van der Waals surface area contributed by atoms with Crippen LogP contribution in [0.5, 0.6) is 11.5 Å². The molecule has 4 aromatic rings. The molecule has 2 aromatic carbocycles. The maximum absolute atomic E-state index is 13.3. The van der Waals surface area contributed by atoms with Gasteiger partial charge in [-0.1, -0.05) is 38.1 Å². The van der Waals surface area contributed by atoms with E-state index in [0.29, 0.717) is 40.1 Å². The van der Waals surface area contributed by atoms with Crippen LogP contribution in [0.25, 0.3) is 22.0 Å². The third-order valence-corrected chi connectivity index (χ3v) is 8.34. The highest BCUT2D eigenvalue weighted by atomic mass is 32.2. The van der Waals surface area contributed by atoms with Gasteiger partial charge in [0.05, 0.1) is 5.75 Å². The number of pyridine rings is 1. The topological polar surface area (TPSA) is 117 Å². The third-order valence-electron chi connectivity index (χ3n) is 7.76. The number of rotatable bonds is 11. The molecule has 4 rings (SSSR count). The number of aromatic amines is 1. The summed E-state index contributed by atoms with van der Waals surface area (Å²) in [7, 11) is 1.65. The highest BCUT2D eigenvalue weighted by Gasteiger charge is 2.26. The predicted octanol–water partition coefficient (Wildman–Crippen LogP) is 5.51. The molecule has 0 aliphatic heterocycles. The number of benzene rings is 2. The number of likely N-dealkylation sites (N-methyl/N-ethyl adjacent to an activating group) is 1. The smallest absolute Gasteiger partial charge is 0.274 e. The monoisotopic (exact) mass is 592 g/mol. The number of carbonyl (C=O) groups excluding carboxylic acids is 1. The second-order valence-electron chi connectivity index (χ2n) is 11.2. The van der Waals surface area contributed by atoms with Crippen molar-refractivity contribution in [2.45, 2.75) is 52.8 Å². The zero-order valence-electron chi connectivity index (χ0n) is 25.3. The summed E-state index contributed by atoms with van der Waals surface area (Å²) < 4.78 is 29.2. The molecule has 0 fully saturated rings. The van der Waals surface area contributed by atoms with Crippen molar-refractivity contribution < 1.29 is 18.3 Å². The Bertz CT molecular complexity index is 1680. The van der Waals surface area contributed by atoms with E-state index in [1.165, 1.54) is 4.57 Å². The molecular weight excluding hydrogens is 552 g/mol. The average Bonchev–Trinajstić information content (AvgIpc) is 3.38. The lowest BCUT2D eigenvalue weighted by Gasteiger charge is -2.37. The van der Waals surface area contributed by atoms with Gasteiger partial charge in [-0.05, 0) is 75.7 Å². The lowest BCUT2D eigenvalue weighted by Crippen LogP contribution is -2.51. The molecule has 0 aliphatic carbocycles. The van der Waals surface area contributed by atoms with Crippen molar-refractivity contribution in [2.24, 2.45) is 7.05 Å². The first-order chi connectivity index (χ1) is 19.9. The molecule has 0 aliphatic rings. The molecule has 2 heterocycles. The molecule has 224 valence electrons. The van der Waals surface area contributed by atoms with Crippen LogP contribution < -0.4 is 15.6 Å². The van der Waals surface area contributed by atoms with Gasteiger partial charge in [-0.25, -0.2) is 4.21 Å². The SMILES string of the molecule is CCN(CC)C(C)(C)CNC(=O)c1cc2c(-c3cc(CS(=O)O)ccc3Oc3c(C)cccc3C)cn(C)c(=O)c2[nH]1. The summed E-state index contributed by atoms with van der Waals surface area (Å²) in [5.74, 6) is 0.862. The fraction of sp³-hybridized carbons (Fsp3) is 0.375. The minimum absolute atomic E-state index is 0.0608. The van der Waals surface area contributed by atoms with Crippen molar-refractivity contribution in [2.75, 3.05) is 19.6 Å². The lowest BCUT2D eigenvalue weighted by molar-refractivity contribution is 0.0881. The fourth-order valence-electron chi connectivity index (χ4n) is 5.43. The minimum atomic E-state index is -2.04. The Balaban J connectivity index is 1.83. The van der Waals surface area contributed by atoms with Crippen LogP contribution in [0.4, 0.5) is 0 Å². The van der Waals surface area contributed by atoms with Crippen molar-refractivity contribution in [3.63, 3.8) is 0 Å². The predicted molar refractivity (Wildman–Crippen MR) is 169 cm³/mol. The Morgan fingerprint density at radius 3 is 2.38 bits per heavy atom. The van der Waals surface area contributed by atoms with Crippen LogP contribution in [-0.2, 0) is 23.9 Å². The van der Waals surface area contributed by atoms with Crippen LogP contribution in [0.1, 0.15) is 54.9 Å². The highest BCUT2D eigenvalue weighted by molar-refractivity contribution is 7.78. The number of para-hydroxylation sites is 1. The molecule has 3 N–H and O–H groups in total. The molecule has 0 spiro atoms. The maximum atomic E-state index is 13.3. The molecular formula is C32H40N4O5S. The van der Waals surface area contributed by atoms with Crippen molar-refractivity contribution in [3.8, 4) is 22.6 Å². The lowest BCUT2D eigenvalue weighted by atomic mass is 10.00. The molecule has 1 amide bonds. The summed E-state index contributed by atoms with van der Waals surface area (Å²) in [5.41, 5.74) is 3.87. The number of aryl methyl sites for hydroxylation is 3. The summed E-state index contributed by atoms with van der Waals surface area (Å²) in [4.78, 5) is 31.8. The average molecular weight is 593 g/mol. The van der Waals surface area contributed by atoms with Gasteiger partial charge in [0.25, 0.3) is 11.5 Å². The summed E-state index contributed by atoms with van der Waals surface area (Å²) in [6.45, 7) is 14.4. The molecule has 10 heteroatoms. The minimum Gasteiger partial charge on any atom is -0.456 e. The molecule has 1 atom stereocenters. The third kappa shape index (κ3) is 6.51. The van der Waals surface area contributed by atoms with E-state index in [9.17, 15) is 18.4 Å². The van der Waals surface area contributed by atoms with Crippen LogP contribution in [0.2, 0.25) is 0 Å². The quantitative estimate of drug-likeness (QED) is 0.198. The van der Waals surface area contributed by atoms with E-state index in [-0.39, 0.29) is 34.0 Å². The van der Waals surface area contributed by atoms with Crippen molar-refractivity contribution in [3.05, 3.63) is 81.4 Å². The number of hydrogen-bond acceptors (Lipinski definition) is 5. The maximum Gasteiger partial charge on any atom is 0.274 e. The van der Waals surface area contributed by atoms with Gasteiger partial charge in [-0.15, -0.1) is 0 Å². The Morgan fingerprint density at radius 1 is 1.10 bits per heavy atom. The molecule has 42 heavy (non-hydrogen) atoms. The number of carbonyl (C=O) groups is 1. The Morgan fingerprint density at radius 2 is 1.76 bits per heavy atom. The molecule has 0 radical (unpaired) electrons. The summed E-state index contributed by atoms with van der Waals surface area (Å²) >= 11 is -2.04. The summed E-state index contributed by atoms with van der Waals surface area (Å²) in [6.07, 6.45) is 1.70. The van der Waals surface area contributed by atoms with Crippen LogP contribution >= 0.6 is 0 Å². The van der Waals surface area contributed by atoms with E-state index in [0.717, 1.165) is 24.2 Å².